The van der Waals surface area contributed by atoms with Gasteiger partial charge >= 0.3 is 0 Å². The highest BCUT2D eigenvalue weighted by molar-refractivity contribution is 5.94. The molecule has 0 aliphatic heterocycles. The summed E-state index contributed by atoms with van der Waals surface area (Å²) in [6.07, 6.45) is 7.00. The lowest BCUT2D eigenvalue weighted by Crippen LogP contribution is -2.28. The first kappa shape index (κ1) is 16.7. The van der Waals surface area contributed by atoms with Crippen LogP contribution in [0.4, 0.5) is 4.39 Å². The van der Waals surface area contributed by atoms with E-state index in [-0.39, 0.29) is 17.8 Å². The van der Waals surface area contributed by atoms with Gasteiger partial charge in [0.2, 0.25) is 0 Å². The van der Waals surface area contributed by atoms with E-state index in [9.17, 15) is 9.18 Å². The normalized spacial score (nSPS) is 11.8. The highest BCUT2D eigenvalue weighted by atomic mass is 19.1. The average molecular weight is 336 g/mol. The van der Waals surface area contributed by atoms with Crippen LogP contribution in [-0.2, 0) is 0 Å². The first-order valence-corrected chi connectivity index (χ1v) is 7.96. The standard InChI is InChI=1S/C19H17FN4O/c1-2-17(13-5-7-16(20)8-6-13)24-19(25)15-11-22-18(23-12-15)14-4-3-9-21-10-14/h3-12,17H,2H2,1H3,(H,24,25). The summed E-state index contributed by atoms with van der Waals surface area (Å²) in [7, 11) is 0. The van der Waals surface area contributed by atoms with Gasteiger partial charge in [-0.3, -0.25) is 9.78 Å². The van der Waals surface area contributed by atoms with Crippen molar-refractivity contribution in [2.24, 2.45) is 0 Å². The summed E-state index contributed by atoms with van der Waals surface area (Å²) < 4.78 is 13.1. The van der Waals surface area contributed by atoms with Crippen LogP contribution < -0.4 is 5.32 Å². The van der Waals surface area contributed by atoms with Gasteiger partial charge < -0.3 is 5.32 Å². The maximum absolute atomic E-state index is 13.1. The van der Waals surface area contributed by atoms with Gasteiger partial charge in [0, 0.05) is 30.4 Å². The van der Waals surface area contributed by atoms with Gasteiger partial charge in [0.25, 0.3) is 5.91 Å². The zero-order valence-corrected chi connectivity index (χ0v) is 13.7. The Labute approximate surface area is 145 Å². The molecule has 25 heavy (non-hydrogen) atoms. The van der Waals surface area contributed by atoms with E-state index in [0.717, 1.165) is 11.1 Å². The summed E-state index contributed by atoms with van der Waals surface area (Å²) in [6, 6.07) is 9.56. The molecule has 1 aromatic carbocycles. The van der Waals surface area contributed by atoms with Crippen molar-refractivity contribution < 1.29 is 9.18 Å². The molecule has 6 heteroatoms. The number of nitrogens with zero attached hydrogens (tertiary/aromatic N) is 3. The van der Waals surface area contributed by atoms with E-state index >= 15 is 0 Å². The van der Waals surface area contributed by atoms with Gasteiger partial charge in [-0.1, -0.05) is 19.1 Å². The molecule has 0 saturated carbocycles. The maximum Gasteiger partial charge on any atom is 0.254 e. The molecule has 0 aliphatic rings. The molecule has 0 fully saturated rings. The lowest BCUT2D eigenvalue weighted by atomic mass is 10.0. The van der Waals surface area contributed by atoms with Gasteiger partial charge in [0.1, 0.15) is 5.82 Å². The minimum absolute atomic E-state index is 0.203. The Kier molecular flexibility index (Phi) is 5.09. The second-order valence-electron chi connectivity index (χ2n) is 5.52. The van der Waals surface area contributed by atoms with Crippen LogP contribution in [0.3, 0.4) is 0 Å². The predicted octanol–water partition coefficient (Wildman–Crippen LogP) is 3.56. The Balaban J connectivity index is 1.73. The molecule has 1 amide bonds. The van der Waals surface area contributed by atoms with Gasteiger partial charge in [-0.2, -0.15) is 0 Å². The van der Waals surface area contributed by atoms with E-state index in [1.807, 2.05) is 13.0 Å². The first-order chi connectivity index (χ1) is 12.2. The van der Waals surface area contributed by atoms with Crippen LogP contribution in [0.1, 0.15) is 35.3 Å². The van der Waals surface area contributed by atoms with Crippen LogP contribution in [-0.4, -0.2) is 20.9 Å². The van der Waals surface area contributed by atoms with Crippen molar-refractivity contribution in [2.45, 2.75) is 19.4 Å². The fourth-order valence-electron chi connectivity index (χ4n) is 2.45. The zero-order valence-electron chi connectivity index (χ0n) is 13.7. The topological polar surface area (TPSA) is 67.8 Å². The van der Waals surface area contributed by atoms with Crippen molar-refractivity contribution in [1.29, 1.82) is 0 Å². The maximum atomic E-state index is 13.1. The molecule has 0 spiro atoms. The van der Waals surface area contributed by atoms with E-state index in [2.05, 4.69) is 20.3 Å². The molecule has 0 saturated heterocycles. The minimum Gasteiger partial charge on any atom is -0.345 e. The average Bonchev–Trinajstić information content (AvgIpc) is 2.67. The van der Waals surface area contributed by atoms with Crippen molar-refractivity contribution in [2.75, 3.05) is 0 Å². The highest BCUT2D eigenvalue weighted by Crippen LogP contribution is 2.18. The smallest absolute Gasteiger partial charge is 0.254 e. The molecule has 3 rings (SSSR count). The Morgan fingerprint density at radius 3 is 2.44 bits per heavy atom. The van der Waals surface area contributed by atoms with Crippen molar-refractivity contribution in [1.82, 2.24) is 20.3 Å². The third-order valence-electron chi connectivity index (χ3n) is 3.82. The SMILES string of the molecule is CCC(NC(=O)c1cnc(-c2cccnc2)nc1)c1ccc(F)cc1. The fraction of sp³-hybridized carbons (Fsp3) is 0.158. The van der Waals surface area contributed by atoms with Crippen molar-refractivity contribution >= 4 is 5.91 Å². The number of carbonyl (C=O) groups excluding carboxylic acids is 1. The number of hydrogen-bond donors (Lipinski definition) is 1. The van der Waals surface area contributed by atoms with E-state index < -0.39 is 0 Å². The van der Waals surface area contributed by atoms with E-state index in [1.165, 1.54) is 24.5 Å². The van der Waals surface area contributed by atoms with Crippen LogP contribution in [0.2, 0.25) is 0 Å². The molecule has 0 aliphatic carbocycles. The second-order valence-corrected chi connectivity index (χ2v) is 5.52. The Morgan fingerprint density at radius 1 is 1.12 bits per heavy atom. The largest absolute Gasteiger partial charge is 0.345 e. The number of nitrogens with one attached hydrogen (secondary N) is 1. The summed E-state index contributed by atoms with van der Waals surface area (Å²) in [5.74, 6) is -0.0616. The van der Waals surface area contributed by atoms with Gasteiger partial charge in [-0.25, -0.2) is 14.4 Å². The number of pyridine rings is 1. The molecule has 1 unspecified atom stereocenters. The van der Waals surface area contributed by atoms with Gasteiger partial charge in [0.05, 0.1) is 11.6 Å². The molecule has 3 aromatic rings. The number of hydrogen-bond acceptors (Lipinski definition) is 4. The molecule has 126 valence electrons. The van der Waals surface area contributed by atoms with Crippen LogP contribution in [0.15, 0.2) is 61.2 Å². The van der Waals surface area contributed by atoms with Crippen LogP contribution >= 0.6 is 0 Å². The molecule has 2 heterocycles. The number of carbonyl (C=O) groups is 1. The molecular weight excluding hydrogens is 319 g/mol. The highest BCUT2D eigenvalue weighted by Gasteiger charge is 2.15. The molecule has 1 N–H and O–H groups in total. The lowest BCUT2D eigenvalue weighted by molar-refractivity contribution is 0.0935. The summed E-state index contributed by atoms with van der Waals surface area (Å²) >= 11 is 0. The third kappa shape index (κ3) is 4.03. The monoisotopic (exact) mass is 336 g/mol. The fourth-order valence-corrected chi connectivity index (χ4v) is 2.45. The van der Waals surface area contributed by atoms with Gasteiger partial charge in [-0.15, -0.1) is 0 Å². The predicted molar refractivity (Wildman–Crippen MR) is 92.2 cm³/mol. The van der Waals surface area contributed by atoms with Gasteiger partial charge in [0.15, 0.2) is 5.82 Å². The van der Waals surface area contributed by atoms with E-state index in [0.29, 0.717) is 17.8 Å². The molecule has 2 aromatic heterocycles. The van der Waals surface area contributed by atoms with Crippen LogP contribution in [0.5, 0.6) is 0 Å². The van der Waals surface area contributed by atoms with E-state index in [1.54, 1.807) is 30.6 Å². The Hall–Kier alpha value is -3.15. The zero-order chi connectivity index (χ0) is 17.6. The summed E-state index contributed by atoms with van der Waals surface area (Å²) in [5.41, 5.74) is 2.01. The number of benzene rings is 1. The van der Waals surface area contributed by atoms with Crippen molar-refractivity contribution in [3.05, 3.63) is 78.1 Å². The number of halogens is 1. The van der Waals surface area contributed by atoms with Crippen LogP contribution in [0.25, 0.3) is 11.4 Å². The molecule has 0 radical (unpaired) electrons. The first-order valence-electron chi connectivity index (χ1n) is 7.96. The third-order valence-corrected chi connectivity index (χ3v) is 3.82. The van der Waals surface area contributed by atoms with E-state index in [4.69, 9.17) is 0 Å². The van der Waals surface area contributed by atoms with Crippen molar-refractivity contribution in [3.8, 4) is 11.4 Å². The summed E-state index contributed by atoms with van der Waals surface area (Å²) in [5, 5.41) is 2.92. The molecule has 5 nitrogen and oxygen atoms in total. The Morgan fingerprint density at radius 2 is 1.84 bits per heavy atom. The minimum atomic E-state index is -0.302. The van der Waals surface area contributed by atoms with Crippen molar-refractivity contribution in [3.63, 3.8) is 0 Å². The lowest BCUT2D eigenvalue weighted by Gasteiger charge is -2.17. The van der Waals surface area contributed by atoms with Gasteiger partial charge in [-0.05, 0) is 36.2 Å². The summed E-state index contributed by atoms with van der Waals surface area (Å²) in [4.78, 5) is 24.9. The number of amides is 1. The number of rotatable bonds is 5. The molecule has 1 atom stereocenters. The number of aromatic nitrogens is 3. The quantitative estimate of drug-likeness (QED) is 0.773. The molecule has 0 bridgehead atoms. The molecular formula is C19H17FN4O. The van der Waals surface area contributed by atoms with Crippen LogP contribution in [0, 0.1) is 5.82 Å². The second kappa shape index (κ2) is 7.61. The summed E-state index contributed by atoms with van der Waals surface area (Å²) in [6.45, 7) is 1.95. The Bertz CT molecular complexity index is 836.